The fourth-order valence-corrected chi connectivity index (χ4v) is 3.00. The second-order valence-corrected chi connectivity index (χ2v) is 5.89. The summed E-state index contributed by atoms with van der Waals surface area (Å²) in [5, 5.41) is 17.6. The van der Waals surface area contributed by atoms with Crippen molar-refractivity contribution < 1.29 is 9.90 Å². The van der Waals surface area contributed by atoms with Crippen LogP contribution in [0.4, 0.5) is 11.5 Å². The lowest BCUT2D eigenvalue weighted by Crippen LogP contribution is -2.30. The number of carbonyl (C=O) groups is 1. The molecule has 3 rings (SSSR count). The number of nitrogens with zero attached hydrogens (tertiary/aromatic N) is 3. The number of anilines is 2. The molecule has 0 aliphatic heterocycles. The summed E-state index contributed by atoms with van der Waals surface area (Å²) in [4.78, 5) is 16.1. The molecule has 0 bridgehead atoms. The van der Waals surface area contributed by atoms with E-state index in [1.807, 2.05) is 30.3 Å². The van der Waals surface area contributed by atoms with Gasteiger partial charge in [0.1, 0.15) is 5.56 Å². The smallest absolute Gasteiger partial charge is 0.254 e. The molecule has 1 heterocycles. The minimum absolute atomic E-state index is 0.164. The Bertz CT molecular complexity index is 754. The number of amides is 1. The first-order valence-corrected chi connectivity index (χ1v) is 7.93. The van der Waals surface area contributed by atoms with Crippen molar-refractivity contribution in [2.45, 2.75) is 31.4 Å². The van der Waals surface area contributed by atoms with E-state index >= 15 is 0 Å². The summed E-state index contributed by atoms with van der Waals surface area (Å²) in [6.45, 7) is 0. The number of aromatic nitrogens is 2. The van der Waals surface area contributed by atoms with E-state index in [4.69, 9.17) is 5.73 Å². The summed E-state index contributed by atoms with van der Waals surface area (Å²) >= 11 is 0. The maximum absolute atomic E-state index is 11.8. The zero-order valence-corrected chi connectivity index (χ0v) is 13.5. The lowest BCUT2D eigenvalue weighted by Gasteiger charge is -2.27. The van der Waals surface area contributed by atoms with Gasteiger partial charge in [0, 0.05) is 31.1 Å². The Morgan fingerprint density at radius 1 is 1.42 bits per heavy atom. The summed E-state index contributed by atoms with van der Waals surface area (Å²) in [6.07, 6.45) is 3.17. The van der Waals surface area contributed by atoms with Crippen LogP contribution in [-0.4, -0.2) is 39.7 Å². The van der Waals surface area contributed by atoms with E-state index in [9.17, 15) is 9.90 Å². The topological polar surface area (TPSA) is 106 Å². The van der Waals surface area contributed by atoms with E-state index in [0.717, 1.165) is 17.8 Å². The zero-order chi connectivity index (χ0) is 17.1. The molecule has 1 aromatic carbocycles. The van der Waals surface area contributed by atoms with E-state index in [-0.39, 0.29) is 6.04 Å². The number of aliphatic hydroxyl groups is 1. The molecule has 1 amide bonds. The Balaban J connectivity index is 1.95. The SMILES string of the molecule is C/N=C1/CCC(O)CC1n1cc(C(N)=O)c(Nc2ccccc2)n1. The first-order chi connectivity index (χ1) is 11.6. The molecule has 1 aliphatic rings. The Kier molecular flexibility index (Phi) is 4.61. The van der Waals surface area contributed by atoms with Crippen LogP contribution in [0.1, 0.15) is 35.7 Å². The number of nitrogens with two attached hydrogens (primary N) is 1. The second-order valence-electron chi connectivity index (χ2n) is 5.89. The fraction of sp³-hybridized carbons (Fsp3) is 0.353. The second kappa shape index (κ2) is 6.84. The summed E-state index contributed by atoms with van der Waals surface area (Å²) in [6, 6.07) is 9.29. The highest BCUT2D eigenvalue weighted by Crippen LogP contribution is 2.29. The predicted molar refractivity (Wildman–Crippen MR) is 92.7 cm³/mol. The van der Waals surface area contributed by atoms with Crippen molar-refractivity contribution in [2.24, 2.45) is 10.7 Å². The van der Waals surface area contributed by atoms with E-state index < -0.39 is 12.0 Å². The van der Waals surface area contributed by atoms with Gasteiger partial charge >= 0.3 is 0 Å². The minimum Gasteiger partial charge on any atom is -0.393 e. The van der Waals surface area contributed by atoms with Gasteiger partial charge in [0.15, 0.2) is 5.82 Å². The fourth-order valence-electron chi connectivity index (χ4n) is 3.00. The minimum atomic E-state index is -0.550. The number of hydrogen-bond donors (Lipinski definition) is 3. The highest BCUT2D eigenvalue weighted by Gasteiger charge is 2.29. The molecular formula is C17H21N5O2. The zero-order valence-electron chi connectivity index (χ0n) is 13.5. The largest absolute Gasteiger partial charge is 0.393 e. The van der Waals surface area contributed by atoms with Gasteiger partial charge in [-0.1, -0.05) is 18.2 Å². The normalized spacial score (nSPS) is 22.5. The number of para-hydroxylation sites is 1. The van der Waals surface area contributed by atoms with Crippen LogP contribution in [0.15, 0.2) is 41.5 Å². The first-order valence-electron chi connectivity index (χ1n) is 7.93. The molecule has 0 spiro atoms. The van der Waals surface area contributed by atoms with Crippen molar-refractivity contribution in [2.75, 3.05) is 12.4 Å². The van der Waals surface area contributed by atoms with Crippen molar-refractivity contribution in [3.05, 3.63) is 42.1 Å². The van der Waals surface area contributed by atoms with Gasteiger partial charge < -0.3 is 16.2 Å². The van der Waals surface area contributed by atoms with Gasteiger partial charge in [-0.15, -0.1) is 0 Å². The molecule has 4 N–H and O–H groups in total. The third-order valence-electron chi connectivity index (χ3n) is 4.25. The molecular weight excluding hydrogens is 306 g/mol. The third-order valence-corrected chi connectivity index (χ3v) is 4.25. The molecule has 1 saturated carbocycles. The van der Waals surface area contributed by atoms with Crippen LogP contribution in [0.3, 0.4) is 0 Å². The van der Waals surface area contributed by atoms with Crippen molar-refractivity contribution in [1.29, 1.82) is 0 Å². The third kappa shape index (κ3) is 3.30. The lowest BCUT2D eigenvalue weighted by molar-refractivity contribution is 0.100. The average molecular weight is 327 g/mol. The average Bonchev–Trinajstić information content (AvgIpc) is 2.99. The van der Waals surface area contributed by atoms with E-state index in [0.29, 0.717) is 24.2 Å². The molecule has 24 heavy (non-hydrogen) atoms. The number of nitrogens with one attached hydrogen (secondary N) is 1. The standard InChI is InChI=1S/C17H21N5O2/c1-19-14-8-7-12(23)9-15(14)22-10-13(16(18)24)17(21-22)20-11-5-3-2-4-6-11/h2-6,10,12,15,23H,7-9H2,1H3,(H2,18,24)(H,20,21)/b19-14-. The molecule has 1 aliphatic carbocycles. The number of aliphatic imine (C=N–C) groups is 1. The number of carbonyl (C=O) groups excluding carboxylic acids is 1. The molecule has 7 heteroatoms. The van der Waals surface area contributed by atoms with Crippen LogP contribution in [0, 0.1) is 0 Å². The van der Waals surface area contributed by atoms with Gasteiger partial charge in [0.05, 0.1) is 12.1 Å². The van der Waals surface area contributed by atoms with Gasteiger partial charge in [0.25, 0.3) is 5.91 Å². The quantitative estimate of drug-likeness (QED) is 0.797. The Hall–Kier alpha value is -2.67. The first kappa shape index (κ1) is 16.2. The maximum Gasteiger partial charge on any atom is 0.254 e. The van der Waals surface area contributed by atoms with Crippen LogP contribution in [0.5, 0.6) is 0 Å². The number of rotatable bonds is 4. The van der Waals surface area contributed by atoms with Crippen LogP contribution >= 0.6 is 0 Å². The number of benzene rings is 1. The Morgan fingerprint density at radius 3 is 2.83 bits per heavy atom. The van der Waals surface area contributed by atoms with E-state index in [2.05, 4.69) is 15.4 Å². The van der Waals surface area contributed by atoms with Crippen LogP contribution in [0.25, 0.3) is 0 Å². The van der Waals surface area contributed by atoms with Crippen molar-refractivity contribution in [3.8, 4) is 0 Å². The molecule has 1 fully saturated rings. The van der Waals surface area contributed by atoms with Gasteiger partial charge in [-0.25, -0.2) is 0 Å². The molecule has 2 unspecified atom stereocenters. The monoisotopic (exact) mass is 327 g/mol. The van der Waals surface area contributed by atoms with E-state index in [1.165, 1.54) is 0 Å². The van der Waals surface area contributed by atoms with Gasteiger partial charge in [0.2, 0.25) is 0 Å². The van der Waals surface area contributed by atoms with Gasteiger partial charge in [-0.3, -0.25) is 14.5 Å². The van der Waals surface area contributed by atoms with Crippen molar-refractivity contribution in [3.63, 3.8) is 0 Å². The van der Waals surface area contributed by atoms with Gasteiger partial charge in [-0.2, -0.15) is 5.10 Å². The van der Waals surface area contributed by atoms with Crippen LogP contribution in [-0.2, 0) is 0 Å². The predicted octanol–water partition coefficient (Wildman–Crippen LogP) is 1.88. The molecule has 126 valence electrons. The van der Waals surface area contributed by atoms with Crippen LogP contribution < -0.4 is 11.1 Å². The van der Waals surface area contributed by atoms with Crippen molar-refractivity contribution >= 4 is 23.1 Å². The molecule has 1 aromatic heterocycles. The summed E-state index contributed by atoms with van der Waals surface area (Å²) in [5.74, 6) is -0.143. The molecule has 0 radical (unpaired) electrons. The molecule has 2 atom stereocenters. The van der Waals surface area contributed by atoms with Crippen LogP contribution in [0.2, 0.25) is 0 Å². The summed E-state index contributed by atoms with van der Waals surface area (Å²) in [5.41, 5.74) is 7.59. The summed E-state index contributed by atoms with van der Waals surface area (Å²) in [7, 11) is 1.74. The maximum atomic E-state index is 11.8. The Morgan fingerprint density at radius 2 is 2.17 bits per heavy atom. The summed E-state index contributed by atoms with van der Waals surface area (Å²) < 4.78 is 1.68. The lowest BCUT2D eigenvalue weighted by atomic mass is 9.91. The molecule has 0 saturated heterocycles. The van der Waals surface area contributed by atoms with E-state index in [1.54, 1.807) is 17.9 Å². The number of hydrogen-bond acceptors (Lipinski definition) is 5. The number of aliphatic hydroxyl groups excluding tert-OH is 1. The highest BCUT2D eigenvalue weighted by atomic mass is 16.3. The van der Waals surface area contributed by atoms with Gasteiger partial charge in [-0.05, 0) is 25.0 Å². The number of primary amides is 1. The Labute approximate surface area is 140 Å². The molecule has 7 nitrogen and oxygen atoms in total. The molecule has 2 aromatic rings. The van der Waals surface area contributed by atoms with Crippen molar-refractivity contribution in [1.82, 2.24) is 9.78 Å². The highest BCUT2D eigenvalue weighted by molar-refractivity contribution is 5.98.